The van der Waals surface area contributed by atoms with Gasteiger partial charge in [0, 0.05) is 24.5 Å². The minimum absolute atomic E-state index is 0.380. The fraction of sp³-hybridized carbons (Fsp3) is 0.133. The number of nitrogens with one attached hydrogen (secondary N) is 1. The Bertz CT molecular complexity index is 1730. The van der Waals surface area contributed by atoms with Gasteiger partial charge in [0.25, 0.3) is 0 Å². The molecular weight excluding hydrogens is 476 g/mol. The van der Waals surface area contributed by atoms with Gasteiger partial charge in [0.15, 0.2) is 0 Å². The van der Waals surface area contributed by atoms with Crippen LogP contribution < -0.4 is 14.8 Å². The van der Waals surface area contributed by atoms with Gasteiger partial charge >= 0.3 is 0 Å². The molecule has 0 spiro atoms. The molecule has 2 aromatic heterocycles. The van der Waals surface area contributed by atoms with E-state index in [-0.39, 0.29) is 0 Å². The minimum Gasteiger partial charge on any atom is -0.495 e. The number of fused-ring (bicyclic) bond motifs is 1. The number of anilines is 2. The summed E-state index contributed by atoms with van der Waals surface area (Å²) in [6, 6.07) is 22.9. The SMILES string of the molecule is COc1cccc(-c2cc(C)c(Oc3nc(Nc4ccc(C#N)cc4)nc4ccn(C)c34)c(C)c2)c1C#N. The number of methoxy groups -OCH3 is 1. The second kappa shape index (κ2) is 9.96. The number of aryl methyl sites for hydroxylation is 3. The molecule has 0 aliphatic heterocycles. The van der Waals surface area contributed by atoms with E-state index in [4.69, 9.17) is 19.7 Å². The van der Waals surface area contributed by atoms with E-state index >= 15 is 0 Å². The van der Waals surface area contributed by atoms with Gasteiger partial charge in [-0.05, 0) is 79.1 Å². The molecule has 2 heterocycles. The summed E-state index contributed by atoms with van der Waals surface area (Å²) < 4.78 is 13.8. The predicted octanol–water partition coefficient (Wildman–Crippen LogP) is 6.54. The fourth-order valence-electron chi connectivity index (χ4n) is 4.46. The first-order valence-corrected chi connectivity index (χ1v) is 11.9. The third-order valence-corrected chi connectivity index (χ3v) is 6.29. The van der Waals surface area contributed by atoms with Gasteiger partial charge in [0.1, 0.15) is 28.6 Å². The van der Waals surface area contributed by atoms with Gasteiger partial charge in [-0.3, -0.25) is 0 Å². The molecule has 0 aliphatic rings. The van der Waals surface area contributed by atoms with Crippen molar-refractivity contribution in [3.63, 3.8) is 0 Å². The van der Waals surface area contributed by atoms with Crippen molar-refractivity contribution in [3.05, 3.63) is 89.1 Å². The summed E-state index contributed by atoms with van der Waals surface area (Å²) in [7, 11) is 3.48. The van der Waals surface area contributed by atoms with Crippen molar-refractivity contribution in [1.82, 2.24) is 14.5 Å². The summed E-state index contributed by atoms with van der Waals surface area (Å²) in [6.07, 6.45) is 1.91. The second-order valence-electron chi connectivity index (χ2n) is 8.86. The molecule has 0 saturated heterocycles. The van der Waals surface area contributed by atoms with Gasteiger partial charge in [-0.25, -0.2) is 4.98 Å². The van der Waals surface area contributed by atoms with Gasteiger partial charge in [0.2, 0.25) is 11.8 Å². The summed E-state index contributed by atoms with van der Waals surface area (Å²) in [5.74, 6) is 2.01. The number of benzene rings is 3. The summed E-state index contributed by atoms with van der Waals surface area (Å²) in [4.78, 5) is 9.33. The third kappa shape index (κ3) is 4.47. The zero-order valence-electron chi connectivity index (χ0n) is 21.4. The first-order chi connectivity index (χ1) is 18.4. The molecule has 0 fully saturated rings. The molecule has 5 aromatic rings. The zero-order valence-corrected chi connectivity index (χ0v) is 21.4. The van der Waals surface area contributed by atoms with Crippen LogP contribution in [0.3, 0.4) is 0 Å². The van der Waals surface area contributed by atoms with Crippen molar-refractivity contribution < 1.29 is 9.47 Å². The van der Waals surface area contributed by atoms with Crippen molar-refractivity contribution in [3.8, 4) is 40.6 Å². The zero-order chi connectivity index (χ0) is 26.8. The van der Waals surface area contributed by atoms with Crippen LogP contribution in [-0.2, 0) is 7.05 Å². The predicted molar refractivity (Wildman–Crippen MR) is 146 cm³/mol. The van der Waals surface area contributed by atoms with E-state index in [1.165, 1.54) is 0 Å². The molecule has 186 valence electrons. The molecule has 0 aliphatic carbocycles. The number of hydrogen-bond acceptors (Lipinski definition) is 7. The molecule has 0 atom stereocenters. The third-order valence-electron chi connectivity index (χ3n) is 6.29. The fourth-order valence-corrected chi connectivity index (χ4v) is 4.46. The van der Waals surface area contributed by atoms with Crippen LogP contribution in [0.4, 0.5) is 11.6 Å². The number of hydrogen-bond donors (Lipinski definition) is 1. The summed E-state index contributed by atoms with van der Waals surface area (Å²) in [5, 5.41) is 22.0. The van der Waals surface area contributed by atoms with Crippen molar-refractivity contribution in [2.75, 3.05) is 12.4 Å². The topological polar surface area (TPSA) is 109 Å². The van der Waals surface area contributed by atoms with Crippen LogP contribution in [0.15, 0.2) is 66.9 Å². The molecule has 0 saturated carbocycles. The van der Waals surface area contributed by atoms with Crippen LogP contribution in [0, 0.1) is 36.5 Å². The number of ether oxygens (including phenoxy) is 2. The van der Waals surface area contributed by atoms with Gasteiger partial charge in [-0.15, -0.1) is 0 Å². The van der Waals surface area contributed by atoms with E-state index in [0.717, 1.165) is 39.0 Å². The molecule has 8 heteroatoms. The summed E-state index contributed by atoms with van der Waals surface area (Å²) >= 11 is 0. The highest BCUT2D eigenvalue weighted by molar-refractivity contribution is 5.83. The molecule has 0 bridgehead atoms. The van der Waals surface area contributed by atoms with E-state index in [9.17, 15) is 5.26 Å². The molecular formula is C30H24N6O2. The van der Waals surface area contributed by atoms with Crippen LogP contribution in [0.25, 0.3) is 22.2 Å². The monoisotopic (exact) mass is 500 g/mol. The van der Waals surface area contributed by atoms with Gasteiger partial charge in [-0.1, -0.05) is 12.1 Å². The lowest BCUT2D eigenvalue weighted by Gasteiger charge is -2.16. The van der Waals surface area contributed by atoms with Gasteiger partial charge < -0.3 is 19.4 Å². The van der Waals surface area contributed by atoms with Crippen LogP contribution in [0.2, 0.25) is 0 Å². The lowest BCUT2D eigenvalue weighted by atomic mass is 9.96. The molecule has 5 rings (SSSR count). The largest absolute Gasteiger partial charge is 0.495 e. The maximum atomic E-state index is 9.75. The Hall–Kier alpha value is -5.34. The molecule has 0 unspecified atom stereocenters. The van der Waals surface area contributed by atoms with E-state index in [2.05, 4.69) is 22.4 Å². The highest BCUT2D eigenvalue weighted by atomic mass is 16.5. The van der Waals surface area contributed by atoms with Gasteiger partial charge in [-0.2, -0.15) is 15.5 Å². The number of nitrogens with zero attached hydrogens (tertiary/aromatic N) is 5. The highest BCUT2D eigenvalue weighted by Crippen LogP contribution is 2.38. The Kier molecular flexibility index (Phi) is 6.39. The first-order valence-electron chi connectivity index (χ1n) is 11.9. The maximum absolute atomic E-state index is 9.75. The van der Waals surface area contributed by atoms with E-state index in [0.29, 0.717) is 34.5 Å². The number of aromatic nitrogens is 3. The molecule has 0 radical (unpaired) electrons. The summed E-state index contributed by atoms with van der Waals surface area (Å²) in [5.41, 5.74) is 6.81. The van der Waals surface area contributed by atoms with E-state index in [1.54, 1.807) is 37.4 Å². The molecule has 0 amide bonds. The second-order valence-corrected chi connectivity index (χ2v) is 8.86. The molecule has 1 N–H and O–H groups in total. The Morgan fingerprint density at radius 3 is 2.32 bits per heavy atom. The lowest BCUT2D eigenvalue weighted by Crippen LogP contribution is -2.02. The standard InChI is InChI=1S/C30H24N6O2/c1-18-14-21(23-6-5-7-26(37-4)24(23)17-32)15-19(2)28(18)38-29-27-25(12-13-36(27)3)34-30(35-29)33-22-10-8-20(16-31)9-11-22/h5-15H,1-4H3,(H,33,34,35). The highest BCUT2D eigenvalue weighted by Gasteiger charge is 2.18. The Morgan fingerprint density at radius 2 is 1.66 bits per heavy atom. The van der Waals surface area contributed by atoms with E-state index in [1.807, 2.05) is 62.0 Å². The lowest BCUT2D eigenvalue weighted by molar-refractivity contribution is 0.413. The molecule has 8 nitrogen and oxygen atoms in total. The molecule has 3 aromatic carbocycles. The summed E-state index contributed by atoms with van der Waals surface area (Å²) in [6.45, 7) is 3.94. The minimum atomic E-state index is 0.380. The number of rotatable bonds is 6. The average molecular weight is 501 g/mol. The van der Waals surface area contributed by atoms with E-state index < -0.39 is 0 Å². The van der Waals surface area contributed by atoms with Gasteiger partial charge in [0.05, 0.1) is 24.3 Å². The Labute approximate surface area is 220 Å². The Balaban J connectivity index is 1.54. The van der Waals surface area contributed by atoms with Crippen LogP contribution in [0.5, 0.6) is 17.4 Å². The first kappa shape index (κ1) is 24.4. The van der Waals surface area contributed by atoms with Crippen LogP contribution >= 0.6 is 0 Å². The smallest absolute Gasteiger partial charge is 0.249 e. The van der Waals surface area contributed by atoms with Crippen molar-refractivity contribution >= 4 is 22.7 Å². The van der Waals surface area contributed by atoms with Crippen molar-refractivity contribution in [2.45, 2.75) is 13.8 Å². The maximum Gasteiger partial charge on any atom is 0.249 e. The quantitative estimate of drug-likeness (QED) is 0.282. The normalized spacial score (nSPS) is 10.6. The van der Waals surface area contributed by atoms with Crippen molar-refractivity contribution in [1.29, 1.82) is 10.5 Å². The van der Waals surface area contributed by atoms with Crippen LogP contribution in [0.1, 0.15) is 22.3 Å². The number of nitriles is 2. The van der Waals surface area contributed by atoms with Crippen LogP contribution in [-0.4, -0.2) is 21.6 Å². The van der Waals surface area contributed by atoms with Crippen molar-refractivity contribution in [2.24, 2.45) is 7.05 Å². The Morgan fingerprint density at radius 1 is 0.921 bits per heavy atom. The molecule has 38 heavy (non-hydrogen) atoms. The average Bonchev–Trinajstić information content (AvgIpc) is 3.30.